The lowest BCUT2D eigenvalue weighted by molar-refractivity contribution is -0.132. The van der Waals surface area contributed by atoms with Crippen LogP contribution in [0.1, 0.15) is 20.3 Å². The number of carbonyl (C=O) groups is 2. The molecule has 1 heterocycles. The summed E-state index contributed by atoms with van der Waals surface area (Å²) in [5.74, 6) is 0.244. The van der Waals surface area contributed by atoms with Gasteiger partial charge >= 0.3 is 5.97 Å². The Labute approximate surface area is 168 Å². The number of amides is 1. The van der Waals surface area contributed by atoms with E-state index in [2.05, 4.69) is 4.90 Å². The van der Waals surface area contributed by atoms with Crippen LogP contribution in [0, 0.1) is 0 Å². The Kier molecular flexibility index (Phi) is 5.97. The van der Waals surface area contributed by atoms with Crippen LogP contribution in [0.5, 0.6) is 5.75 Å². The van der Waals surface area contributed by atoms with Crippen molar-refractivity contribution in [2.45, 2.75) is 30.1 Å². The molecule has 27 heavy (non-hydrogen) atoms. The van der Waals surface area contributed by atoms with Crippen LogP contribution in [0.2, 0.25) is 5.02 Å². The van der Waals surface area contributed by atoms with Gasteiger partial charge in [-0.3, -0.25) is 9.59 Å². The van der Waals surface area contributed by atoms with Gasteiger partial charge in [0.05, 0.1) is 11.4 Å². The molecule has 2 aromatic rings. The zero-order valence-electron chi connectivity index (χ0n) is 15.5. The van der Waals surface area contributed by atoms with E-state index in [1.165, 1.54) is 6.92 Å². The van der Waals surface area contributed by atoms with Gasteiger partial charge in [-0.15, -0.1) is 0 Å². The molecule has 0 radical (unpaired) electrons. The largest absolute Gasteiger partial charge is 0.427 e. The molecule has 3 rings (SSSR count). The fourth-order valence-corrected chi connectivity index (χ4v) is 4.20. The van der Waals surface area contributed by atoms with Crippen molar-refractivity contribution < 1.29 is 14.3 Å². The van der Waals surface area contributed by atoms with Crippen molar-refractivity contribution in [3.8, 4) is 5.75 Å². The molecule has 0 saturated heterocycles. The first-order chi connectivity index (χ1) is 12.8. The first-order valence-corrected chi connectivity index (χ1v) is 9.83. The molecule has 1 amide bonds. The summed E-state index contributed by atoms with van der Waals surface area (Å²) < 4.78 is 5.23. The average molecular weight is 405 g/mol. The number of rotatable bonds is 5. The van der Waals surface area contributed by atoms with E-state index in [4.69, 9.17) is 16.3 Å². The highest BCUT2D eigenvalue weighted by Gasteiger charge is 2.24. The lowest BCUT2D eigenvalue weighted by Crippen LogP contribution is -2.29. The number of fused-ring (bicyclic) bond motifs is 2. The minimum Gasteiger partial charge on any atom is -0.427 e. The molecule has 0 aromatic heterocycles. The van der Waals surface area contributed by atoms with Crippen molar-refractivity contribution in [3.05, 3.63) is 41.4 Å². The Bertz CT molecular complexity index is 888. The van der Waals surface area contributed by atoms with Gasteiger partial charge in [-0.25, -0.2) is 0 Å². The monoisotopic (exact) mass is 404 g/mol. The SMILES string of the molecule is CC(=O)Oc1ccc2c(c1)Sc1ccc(Cl)cc1N2CCCN(C)C(C)=O. The summed E-state index contributed by atoms with van der Waals surface area (Å²) in [6.45, 7) is 4.38. The zero-order valence-corrected chi connectivity index (χ0v) is 17.1. The van der Waals surface area contributed by atoms with Crippen LogP contribution >= 0.6 is 23.4 Å². The molecule has 1 aliphatic heterocycles. The van der Waals surface area contributed by atoms with Crippen LogP contribution in [-0.2, 0) is 9.59 Å². The van der Waals surface area contributed by atoms with Crippen LogP contribution < -0.4 is 9.64 Å². The van der Waals surface area contributed by atoms with Crippen molar-refractivity contribution in [1.29, 1.82) is 0 Å². The highest BCUT2D eigenvalue weighted by molar-refractivity contribution is 7.99. The quantitative estimate of drug-likeness (QED) is 0.532. The van der Waals surface area contributed by atoms with Crippen LogP contribution in [-0.4, -0.2) is 36.9 Å². The van der Waals surface area contributed by atoms with Crippen molar-refractivity contribution >= 4 is 46.6 Å². The number of hydrogen-bond acceptors (Lipinski definition) is 5. The number of carbonyl (C=O) groups excluding carboxylic acids is 2. The number of ether oxygens (including phenoxy) is 1. The molecule has 0 aliphatic carbocycles. The second-order valence-electron chi connectivity index (χ2n) is 6.38. The van der Waals surface area contributed by atoms with Crippen molar-refractivity contribution in [2.75, 3.05) is 25.0 Å². The lowest BCUT2D eigenvalue weighted by atomic mass is 10.2. The molecular formula is C20H21ClN2O3S. The van der Waals surface area contributed by atoms with Gasteiger partial charge in [0.2, 0.25) is 5.91 Å². The van der Waals surface area contributed by atoms with Crippen molar-refractivity contribution in [3.63, 3.8) is 0 Å². The van der Waals surface area contributed by atoms with E-state index in [1.807, 2.05) is 30.3 Å². The molecule has 0 bridgehead atoms. The van der Waals surface area contributed by atoms with Crippen LogP contribution in [0.25, 0.3) is 0 Å². The van der Waals surface area contributed by atoms with Crippen molar-refractivity contribution in [2.24, 2.45) is 0 Å². The highest BCUT2D eigenvalue weighted by atomic mass is 35.5. The average Bonchev–Trinajstić information content (AvgIpc) is 2.60. The highest BCUT2D eigenvalue weighted by Crippen LogP contribution is 2.49. The summed E-state index contributed by atoms with van der Waals surface area (Å²) in [5, 5.41) is 0.681. The molecule has 0 atom stereocenters. The topological polar surface area (TPSA) is 49.9 Å². The molecule has 0 unspecified atom stereocenters. The van der Waals surface area contributed by atoms with Gasteiger partial charge in [-0.1, -0.05) is 23.4 Å². The molecule has 142 valence electrons. The standard InChI is InChI=1S/C20H21ClN2O3S/c1-13(24)22(3)9-4-10-23-17-7-6-16(26-14(2)25)12-20(17)27-19-8-5-15(21)11-18(19)23/h5-8,11-12H,4,9-10H2,1-3H3. The van der Waals surface area contributed by atoms with E-state index in [0.29, 0.717) is 17.3 Å². The third kappa shape index (κ3) is 4.57. The summed E-state index contributed by atoms with van der Waals surface area (Å²) in [5.41, 5.74) is 2.09. The number of hydrogen-bond donors (Lipinski definition) is 0. The predicted octanol–water partition coefficient (Wildman–Crippen LogP) is 4.74. The lowest BCUT2D eigenvalue weighted by Gasteiger charge is -2.33. The first kappa shape index (κ1) is 19.6. The van der Waals surface area contributed by atoms with Gasteiger partial charge < -0.3 is 14.5 Å². The van der Waals surface area contributed by atoms with Gasteiger partial charge in [-0.2, -0.15) is 0 Å². The minimum absolute atomic E-state index is 0.0547. The fraction of sp³-hybridized carbons (Fsp3) is 0.300. The Morgan fingerprint density at radius 2 is 1.89 bits per heavy atom. The van der Waals surface area contributed by atoms with Gasteiger partial charge in [0.25, 0.3) is 0 Å². The van der Waals surface area contributed by atoms with Gasteiger partial charge in [0, 0.05) is 48.8 Å². The van der Waals surface area contributed by atoms with E-state index in [9.17, 15) is 9.59 Å². The molecule has 0 spiro atoms. The predicted molar refractivity (Wildman–Crippen MR) is 108 cm³/mol. The Balaban J connectivity index is 1.90. The van der Waals surface area contributed by atoms with E-state index in [0.717, 1.165) is 34.1 Å². The van der Waals surface area contributed by atoms with E-state index < -0.39 is 0 Å². The van der Waals surface area contributed by atoms with E-state index in [1.54, 1.807) is 36.7 Å². The first-order valence-electron chi connectivity index (χ1n) is 8.64. The molecular weight excluding hydrogens is 384 g/mol. The number of esters is 1. The smallest absolute Gasteiger partial charge is 0.308 e. The van der Waals surface area contributed by atoms with Crippen molar-refractivity contribution in [1.82, 2.24) is 4.90 Å². The van der Waals surface area contributed by atoms with E-state index in [-0.39, 0.29) is 11.9 Å². The fourth-order valence-electron chi connectivity index (χ4n) is 2.93. The van der Waals surface area contributed by atoms with Gasteiger partial charge in [0.1, 0.15) is 5.75 Å². The Hall–Kier alpha value is -2.18. The van der Waals surface area contributed by atoms with Gasteiger partial charge in [-0.05, 0) is 42.8 Å². The Morgan fingerprint density at radius 1 is 1.11 bits per heavy atom. The normalized spacial score (nSPS) is 12.2. The third-order valence-electron chi connectivity index (χ3n) is 4.33. The molecule has 0 saturated carbocycles. The maximum atomic E-state index is 11.4. The molecule has 5 nitrogen and oxygen atoms in total. The van der Waals surface area contributed by atoms with Crippen LogP contribution in [0.4, 0.5) is 11.4 Å². The number of anilines is 2. The summed E-state index contributed by atoms with van der Waals surface area (Å²) in [4.78, 5) is 28.7. The van der Waals surface area contributed by atoms with Gasteiger partial charge in [0.15, 0.2) is 0 Å². The minimum atomic E-state index is -0.341. The van der Waals surface area contributed by atoms with E-state index >= 15 is 0 Å². The summed E-state index contributed by atoms with van der Waals surface area (Å²) >= 11 is 7.86. The number of benzene rings is 2. The number of halogens is 1. The molecule has 1 aliphatic rings. The third-order valence-corrected chi connectivity index (χ3v) is 5.68. The zero-order chi connectivity index (χ0) is 19.6. The maximum absolute atomic E-state index is 11.4. The molecule has 0 N–H and O–H groups in total. The molecule has 2 aromatic carbocycles. The molecule has 7 heteroatoms. The summed E-state index contributed by atoms with van der Waals surface area (Å²) in [6.07, 6.45) is 0.817. The second kappa shape index (κ2) is 8.23. The second-order valence-corrected chi connectivity index (χ2v) is 7.90. The molecule has 0 fully saturated rings. The summed E-state index contributed by atoms with van der Waals surface area (Å²) in [6, 6.07) is 11.5. The summed E-state index contributed by atoms with van der Waals surface area (Å²) in [7, 11) is 1.80. The Morgan fingerprint density at radius 3 is 2.59 bits per heavy atom. The number of nitrogens with zero attached hydrogens (tertiary/aromatic N) is 2. The van der Waals surface area contributed by atoms with Crippen LogP contribution in [0.3, 0.4) is 0 Å². The van der Waals surface area contributed by atoms with Crippen LogP contribution in [0.15, 0.2) is 46.2 Å². The maximum Gasteiger partial charge on any atom is 0.308 e.